The number of amides is 1. The molecule has 0 aromatic heterocycles. The van der Waals surface area contributed by atoms with E-state index in [0.717, 1.165) is 12.7 Å². The average Bonchev–Trinajstić information content (AvgIpc) is 2.43. The summed E-state index contributed by atoms with van der Waals surface area (Å²) in [5.41, 5.74) is -0.504. The Balaban J connectivity index is 2.63. The Morgan fingerprint density at radius 3 is 2.53 bits per heavy atom. The summed E-state index contributed by atoms with van der Waals surface area (Å²) in [4.78, 5) is 24.0. The first-order chi connectivity index (χ1) is 6.83. The third-order valence-corrected chi connectivity index (χ3v) is 2.34. The van der Waals surface area contributed by atoms with Crippen LogP contribution in [0.1, 0.15) is 34.1 Å². The van der Waals surface area contributed by atoms with E-state index in [1.54, 1.807) is 0 Å². The fourth-order valence-corrected chi connectivity index (χ4v) is 1.74. The third kappa shape index (κ3) is 3.22. The van der Waals surface area contributed by atoms with Crippen molar-refractivity contribution < 1.29 is 14.3 Å². The number of carbonyl (C=O) groups excluding carboxylic acids is 2. The Bertz CT molecular complexity index is 257. The second kappa shape index (κ2) is 4.21. The standard InChI is InChI=1S/C11H19NO3/c1-8-5-9(7-13)12(6-8)10(14)15-11(2,3)4/h7-9H,5-6H2,1-4H3/t8-,9-/m1/s1. The maximum atomic E-state index is 11.7. The van der Waals surface area contributed by atoms with Crippen molar-refractivity contribution in [3.05, 3.63) is 0 Å². The Morgan fingerprint density at radius 1 is 1.47 bits per heavy atom. The lowest BCUT2D eigenvalue weighted by Crippen LogP contribution is -2.40. The fraction of sp³-hybridized carbons (Fsp3) is 0.818. The monoisotopic (exact) mass is 213 g/mol. The second-order valence-electron chi connectivity index (χ2n) is 5.18. The van der Waals surface area contributed by atoms with Crippen molar-refractivity contribution in [1.82, 2.24) is 4.90 Å². The zero-order valence-corrected chi connectivity index (χ0v) is 9.82. The number of hydrogen-bond donors (Lipinski definition) is 0. The molecule has 0 aromatic rings. The quantitative estimate of drug-likeness (QED) is 0.624. The van der Waals surface area contributed by atoms with Gasteiger partial charge in [-0.15, -0.1) is 0 Å². The lowest BCUT2D eigenvalue weighted by atomic mass is 10.1. The highest BCUT2D eigenvalue weighted by atomic mass is 16.6. The first-order valence-electron chi connectivity index (χ1n) is 5.28. The van der Waals surface area contributed by atoms with Gasteiger partial charge in [-0.25, -0.2) is 4.79 Å². The Morgan fingerprint density at radius 2 is 2.07 bits per heavy atom. The molecule has 1 saturated heterocycles. The molecule has 1 aliphatic rings. The molecule has 0 unspecified atom stereocenters. The van der Waals surface area contributed by atoms with E-state index in [0.29, 0.717) is 12.5 Å². The zero-order chi connectivity index (χ0) is 11.6. The van der Waals surface area contributed by atoms with Crippen LogP contribution in [-0.4, -0.2) is 35.5 Å². The van der Waals surface area contributed by atoms with Gasteiger partial charge < -0.3 is 9.53 Å². The van der Waals surface area contributed by atoms with Gasteiger partial charge in [-0.1, -0.05) is 6.92 Å². The molecule has 0 saturated carbocycles. The lowest BCUT2D eigenvalue weighted by Gasteiger charge is -2.26. The minimum Gasteiger partial charge on any atom is -0.444 e. The van der Waals surface area contributed by atoms with E-state index in [9.17, 15) is 9.59 Å². The van der Waals surface area contributed by atoms with E-state index in [1.807, 2.05) is 27.7 Å². The molecule has 1 rings (SSSR count). The van der Waals surface area contributed by atoms with Crippen molar-refractivity contribution in [2.24, 2.45) is 5.92 Å². The maximum absolute atomic E-state index is 11.7. The van der Waals surface area contributed by atoms with Crippen molar-refractivity contribution in [2.75, 3.05) is 6.54 Å². The molecule has 1 amide bonds. The minimum absolute atomic E-state index is 0.310. The maximum Gasteiger partial charge on any atom is 0.410 e. The second-order valence-corrected chi connectivity index (χ2v) is 5.18. The van der Waals surface area contributed by atoms with Gasteiger partial charge in [0.1, 0.15) is 11.9 Å². The summed E-state index contributed by atoms with van der Waals surface area (Å²) in [5, 5.41) is 0. The molecule has 15 heavy (non-hydrogen) atoms. The van der Waals surface area contributed by atoms with Crippen LogP contribution in [0.2, 0.25) is 0 Å². The van der Waals surface area contributed by atoms with Crippen LogP contribution in [0.4, 0.5) is 4.79 Å². The van der Waals surface area contributed by atoms with Gasteiger partial charge in [0.05, 0.1) is 6.04 Å². The zero-order valence-electron chi connectivity index (χ0n) is 9.82. The molecule has 0 aromatic carbocycles. The van der Waals surface area contributed by atoms with Crippen molar-refractivity contribution in [3.63, 3.8) is 0 Å². The molecule has 0 bridgehead atoms. The molecular weight excluding hydrogens is 194 g/mol. The number of ether oxygens (including phenoxy) is 1. The molecule has 1 aliphatic heterocycles. The third-order valence-electron chi connectivity index (χ3n) is 2.34. The van der Waals surface area contributed by atoms with E-state index in [2.05, 4.69) is 0 Å². The highest BCUT2D eigenvalue weighted by Gasteiger charge is 2.35. The normalized spacial score (nSPS) is 26.5. The molecule has 1 heterocycles. The van der Waals surface area contributed by atoms with Crippen LogP contribution in [0.25, 0.3) is 0 Å². The minimum atomic E-state index is -0.504. The average molecular weight is 213 g/mol. The molecule has 0 radical (unpaired) electrons. The predicted octanol–water partition coefficient (Wildman–Crippen LogP) is 1.83. The summed E-state index contributed by atoms with van der Waals surface area (Å²) >= 11 is 0. The summed E-state index contributed by atoms with van der Waals surface area (Å²) in [6.07, 6.45) is 1.18. The lowest BCUT2D eigenvalue weighted by molar-refractivity contribution is -0.111. The molecule has 4 heteroatoms. The van der Waals surface area contributed by atoms with Crippen LogP contribution >= 0.6 is 0 Å². The molecule has 0 aliphatic carbocycles. The van der Waals surface area contributed by atoms with Crippen LogP contribution in [0, 0.1) is 5.92 Å². The molecule has 1 fully saturated rings. The fourth-order valence-electron chi connectivity index (χ4n) is 1.74. The molecule has 0 N–H and O–H groups in total. The topological polar surface area (TPSA) is 46.6 Å². The number of hydrogen-bond acceptors (Lipinski definition) is 3. The van der Waals surface area contributed by atoms with Gasteiger partial charge in [-0.05, 0) is 33.1 Å². The van der Waals surface area contributed by atoms with Gasteiger partial charge in [-0.3, -0.25) is 4.90 Å². The van der Waals surface area contributed by atoms with Crippen LogP contribution in [0.3, 0.4) is 0 Å². The highest BCUT2D eigenvalue weighted by molar-refractivity contribution is 5.74. The summed E-state index contributed by atoms with van der Waals surface area (Å²) in [6, 6.07) is -0.310. The summed E-state index contributed by atoms with van der Waals surface area (Å²) < 4.78 is 5.23. The molecule has 86 valence electrons. The van der Waals surface area contributed by atoms with Crippen molar-refractivity contribution in [3.8, 4) is 0 Å². The van der Waals surface area contributed by atoms with Crippen molar-refractivity contribution in [1.29, 1.82) is 0 Å². The van der Waals surface area contributed by atoms with Crippen LogP contribution < -0.4 is 0 Å². The Hall–Kier alpha value is -1.06. The van der Waals surface area contributed by atoms with E-state index >= 15 is 0 Å². The molecule has 4 nitrogen and oxygen atoms in total. The number of carbonyl (C=O) groups is 2. The number of nitrogens with zero attached hydrogens (tertiary/aromatic N) is 1. The first-order valence-corrected chi connectivity index (χ1v) is 5.28. The Kier molecular flexibility index (Phi) is 3.37. The largest absolute Gasteiger partial charge is 0.444 e. The van der Waals surface area contributed by atoms with Gasteiger partial charge in [0.15, 0.2) is 0 Å². The van der Waals surface area contributed by atoms with Crippen LogP contribution in [0.15, 0.2) is 0 Å². The van der Waals surface area contributed by atoms with Crippen molar-refractivity contribution in [2.45, 2.75) is 45.8 Å². The van der Waals surface area contributed by atoms with E-state index < -0.39 is 5.60 Å². The predicted molar refractivity (Wildman–Crippen MR) is 56.6 cm³/mol. The van der Waals surface area contributed by atoms with E-state index in [1.165, 1.54) is 4.90 Å². The van der Waals surface area contributed by atoms with Crippen LogP contribution in [0.5, 0.6) is 0 Å². The Labute approximate surface area is 90.6 Å². The van der Waals surface area contributed by atoms with Gasteiger partial charge in [0.25, 0.3) is 0 Å². The van der Waals surface area contributed by atoms with E-state index in [4.69, 9.17) is 4.74 Å². The SMILES string of the molecule is C[C@@H]1C[C@H](C=O)N(C(=O)OC(C)(C)C)C1. The molecule has 0 spiro atoms. The summed E-state index contributed by atoms with van der Waals surface area (Å²) in [6.45, 7) is 8.10. The summed E-state index contributed by atoms with van der Waals surface area (Å²) in [5.74, 6) is 0.368. The van der Waals surface area contributed by atoms with Crippen LogP contribution in [-0.2, 0) is 9.53 Å². The van der Waals surface area contributed by atoms with Crippen molar-refractivity contribution >= 4 is 12.4 Å². The summed E-state index contributed by atoms with van der Waals surface area (Å²) in [7, 11) is 0. The van der Waals surface area contributed by atoms with E-state index in [-0.39, 0.29) is 12.1 Å². The number of aldehydes is 1. The molecular formula is C11H19NO3. The van der Waals surface area contributed by atoms with Gasteiger partial charge in [0.2, 0.25) is 0 Å². The van der Waals surface area contributed by atoms with Gasteiger partial charge >= 0.3 is 6.09 Å². The van der Waals surface area contributed by atoms with Gasteiger partial charge in [0, 0.05) is 6.54 Å². The molecule has 2 atom stereocenters. The first kappa shape index (κ1) is 12.0. The highest BCUT2D eigenvalue weighted by Crippen LogP contribution is 2.23. The number of rotatable bonds is 1. The number of likely N-dealkylation sites (tertiary alicyclic amines) is 1. The van der Waals surface area contributed by atoms with Gasteiger partial charge in [-0.2, -0.15) is 0 Å². The smallest absolute Gasteiger partial charge is 0.410 e.